The largest absolute Gasteiger partial charge is 0.325 e. The van der Waals surface area contributed by atoms with E-state index >= 15 is 0 Å². The number of imide groups is 1. The van der Waals surface area contributed by atoms with Gasteiger partial charge >= 0.3 is 6.03 Å². The first kappa shape index (κ1) is 18.3. The number of rotatable bonds is 4. The van der Waals surface area contributed by atoms with Crippen LogP contribution in [0.4, 0.5) is 4.79 Å². The summed E-state index contributed by atoms with van der Waals surface area (Å²) < 4.78 is 0. The van der Waals surface area contributed by atoms with Crippen LogP contribution in [0.15, 0.2) is 41.8 Å². The highest BCUT2D eigenvalue weighted by atomic mass is 32.1. The second kappa shape index (κ2) is 6.36. The molecule has 0 unspecified atom stereocenters. The van der Waals surface area contributed by atoms with E-state index in [2.05, 4.69) is 26.1 Å². The van der Waals surface area contributed by atoms with E-state index in [1.54, 1.807) is 25.1 Å². The fourth-order valence-electron chi connectivity index (χ4n) is 2.96. The molecule has 26 heavy (non-hydrogen) atoms. The van der Waals surface area contributed by atoms with E-state index in [0.29, 0.717) is 5.56 Å². The molecule has 0 radical (unpaired) electrons. The molecule has 3 rings (SSSR count). The van der Waals surface area contributed by atoms with Crippen molar-refractivity contribution in [2.45, 2.75) is 38.6 Å². The van der Waals surface area contributed by atoms with Crippen molar-refractivity contribution in [3.8, 4) is 0 Å². The van der Waals surface area contributed by atoms with Gasteiger partial charge in [-0.25, -0.2) is 4.79 Å². The van der Waals surface area contributed by atoms with Gasteiger partial charge in [-0.1, -0.05) is 51.1 Å². The molecule has 0 spiro atoms. The third kappa shape index (κ3) is 3.17. The van der Waals surface area contributed by atoms with Crippen LogP contribution in [0, 0.1) is 0 Å². The number of thiophene rings is 1. The number of nitrogens with one attached hydrogen (secondary N) is 1. The van der Waals surface area contributed by atoms with Crippen molar-refractivity contribution in [2.75, 3.05) is 6.54 Å². The van der Waals surface area contributed by atoms with Gasteiger partial charge in [0.05, 0.1) is 6.54 Å². The van der Waals surface area contributed by atoms with E-state index in [1.165, 1.54) is 11.3 Å². The number of carbonyl (C=O) groups excluding carboxylic acids is 3. The Morgan fingerprint density at radius 1 is 1.15 bits per heavy atom. The van der Waals surface area contributed by atoms with Crippen molar-refractivity contribution < 1.29 is 14.4 Å². The van der Waals surface area contributed by atoms with Crippen LogP contribution in [0.3, 0.4) is 0 Å². The van der Waals surface area contributed by atoms with E-state index in [-0.39, 0.29) is 17.7 Å². The number of ketones is 1. The summed E-state index contributed by atoms with van der Waals surface area (Å²) in [7, 11) is 0. The van der Waals surface area contributed by atoms with E-state index in [4.69, 9.17) is 0 Å². The maximum atomic E-state index is 12.8. The quantitative estimate of drug-likeness (QED) is 0.659. The van der Waals surface area contributed by atoms with Crippen molar-refractivity contribution in [3.05, 3.63) is 57.8 Å². The first-order valence-electron chi connectivity index (χ1n) is 8.45. The van der Waals surface area contributed by atoms with Crippen molar-refractivity contribution in [1.29, 1.82) is 0 Å². The second-order valence-electron chi connectivity index (χ2n) is 7.67. The van der Waals surface area contributed by atoms with Gasteiger partial charge in [0.1, 0.15) is 0 Å². The minimum atomic E-state index is -1.11. The Morgan fingerprint density at radius 2 is 1.81 bits per heavy atom. The highest BCUT2D eigenvalue weighted by Gasteiger charge is 2.50. The smallest absolute Gasteiger partial charge is 0.319 e. The van der Waals surface area contributed by atoms with Gasteiger partial charge in [-0.15, -0.1) is 11.3 Å². The Bertz CT molecular complexity index is 850. The van der Waals surface area contributed by atoms with Crippen LogP contribution in [0.2, 0.25) is 0 Å². The molecular formula is C20H22N2O3S. The van der Waals surface area contributed by atoms with Crippen LogP contribution >= 0.6 is 11.3 Å². The summed E-state index contributed by atoms with van der Waals surface area (Å²) in [5.74, 6) is -0.658. The zero-order valence-corrected chi connectivity index (χ0v) is 16.1. The monoisotopic (exact) mass is 370 g/mol. The third-order valence-corrected chi connectivity index (χ3v) is 5.76. The Hall–Kier alpha value is -2.47. The zero-order valence-electron chi connectivity index (χ0n) is 15.3. The lowest BCUT2D eigenvalue weighted by molar-refractivity contribution is -0.130. The van der Waals surface area contributed by atoms with Gasteiger partial charge in [-0.3, -0.25) is 14.5 Å². The lowest BCUT2D eigenvalue weighted by atomic mass is 9.86. The van der Waals surface area contributed by atoms with Crippen molar-refractivity contribution in [1.82, 2.24) is 10.2 Å². The van der Waals surface area contributed by atoms with Gasteiger partial charge in [0.25, 0.3) is 5.91 Å². The summed E-state index contributed by atoms with van der Waals surface area (Å²) in [6, 6.07) is 10.4. The van der Waals surface area contributed by atoms with Crippen molar-refractivity contribution in [2.24, 2.45) is 0 Å². The highest BCUT2D eigenvalue weighted by molar-refractivity contribution is 7.10. The van der Waals surface area contributed by atoms with Gasteiger partial charge < -0.3 is 5.32 Å². The summed E-state index contributed by atoms with van der Waals surface area (Å²) >= 11 is 1.40. The van der Waals surface area contributed by atoms with Crippen LogP contribution in [-0.2, 0) is 15.7 Å². The molecule has 1 fully saturated rings. The number of amides is 3. The molecule has 1 aliphatic heterocycles. The van der Waals surface area contributed by atoms with Gasteiger partial charge in [0, 0.05) is 10.4 Å². The number of urea groups is 1. The average molecular weight is 370 g/mol. The molecule has 0 bridgehead atoms. The molecule has 0 aliphatic carbocycles. The Balaban J connectivity index is 1.77. The Morgan fingerprint density at radius 3 is 2.35 bits per heavy atom. The molecule has 2 aromatic rings. The summed E-state index contributed by atoms with van der Waals surface area (Å²) in [6.07, 6.45) is 0. The summed E-state index contributed by atoms with van der Waals surface area (Å²) in [5.41, 5.74) is 0.494. The van der Waals surface area contributed by atoms with E-state index in [9.17, 15) is 14.4 Å². The van der Waals surface area contributed by atoms with Gasteiger partial charge in [-0.05, 0) is 29.3 Å². The van der Waals surface area contributed by atoms with E-state index in [1.807, 2.05) is 23.6 Å². The molecule has 1 N–H and O–H groups in total. The van der Waals surface area contributed by atoms with Crippen LogP contribution in [0.5, 0.6) is 0 Å². The molecule has 0 saturated carbocycles. The van der Waals surface area contributed by atoms with Crippen LogP contribution in [0.1, 0.15) is 48.5 Å². The van der Waals surface area contributed by atoms with Gasteiger partial charge in [-0.2, -0.15) is 0 Å². The Kier molecular flexibility index (Phi) is 4.48. The summed E-state index contributed by atoms with van der Waals surface area (Å²) in [5, 5.41) is 4.57. The summed E-state index contributed by atoms with van der Waals surface area (Å²) in [6.45, 7) is 7.70. The van der Waals surface area contributed by atoms with Crippen LogP contribution in [0.25, 0.3) is 0 Å². The molecule has 1 saturated heterocycles. The number of hydrogen-bond acceptors (Lipinski definition) is 4. The first-order chi connectivity index (χ1) is 12.1. The number of benzene rings is 1. The fraction of sp³-hybridized carbons (Fsp3) is 0.350. The summed E-state index contributed by atoms with van der Waals surface area (Å²) in [4.78, 5) is 39.4. The third-order valence-electron chi connectivity index (χ3n) is 4.66. The topological polar surface area (TPSA) is 66.5 Å². The van der Waals surface area contributed by atoms with Gasteiger partial charge in [0.15, 0.2) is 11.3 Å². The van der Waals surface area contributed by atoms with Crippen molar-refractivity contribution >= 4 is 29.1 Å². The van der Waals surface area contributed by atoms with E-state index in [0.717, 1.165) is 15.3 Å². The molecule has 6 heteroatoms. The number of nitrogens with zero attached hydrogens (tertiary/aromatic N) is 1. The predicted molar refractivity (Wildman–Crippen MR) is 101 cm³/mol. The van der Waals surface area contributed by atoms with Gasteiger partial charge in [0.2, 0.25) is 0 Å². The van der Waals surface area contributed by atoms with Crippen LogP contribution in [-0.4, -0.2) is 29.2 Å². The fourth-order valence-corrected chi connectivity index (χ4v) is 3.80. The lowest BCUT2D eigenvalue weighted by Gasteiger charge is -2.20. The normalized spacial score (nSPS) is 20.4. The highest BCUT2D eigenvalue weighted by Crippen LogP contribution is 2.32. The number of Topliss-reactive ketones (excluding diaryl/α,β-unsaturated/α-hetero) is 1. The molecule has 1 aromatic carbocycles. The van der Waals surface area contributed by atoms with Crippen molar-refractivity contribution in [3.63, 3.8) is 0 Å². The lowest BCUT2D eigenvalue weighted by Crippen LogP contribution is -2.40. The molecule has 1 aliphatic rings. The first-order valence-corrected chi connectivity index (χ1v) is 9.33. The van der Waals surface area contributed by atoms with Crippen LogP contribution < -0.4 is 5.32 Å². The maximum Gasteiger partial charge on any atom is 0.325 e. The molecule has 136 valence electrons. The molecule has 3 amide bonds. The molecule has 1 atom stereocenters. The number of hydrogen-bond donors (Lipinski definition) is 1. The standard InChI is InChI=1S/C20H22N2O3S/c1-19(2,3)14-9-7-13(8-10-14)15(23)12-22-17(24)20(4,21-18(22)25)16-6-5-11-26-16/h5-11H,12H2,1-4H3,(H,21,25)/t20-/m0/s1. The predicted octanol–water partition coefficient (Wildman–Crippen LogP) is 3.70. The maximum absolute atomic E-state index is 12.8. The van der Waals surface area contributed by atoms with E-state index < -0.39 is 17.5 Å². The minimum Gasteiger partial charge on any atom is -0.319 e. The average Bonchev–Trinajstić information content (AvgIpc) is 3.19. The molecule has 1 aromatic heterocycles. The molecule has 5 nitrogen and oxygen atoms in total. The second-order valence-corrected chi connectivity index (χ2v) is 8.62. The Labute approximate surface area is 157 Å². The SMILES string of the molecule is CC(C)(C)c1ccc(C(=O)CN2C(=O)N[C@@](C)(c3cccs3)C2=O)cc1. The minimum absolute atomic E-state index is 0.00506. The molecular weight excluding hydrogens is 348 g/mol. The molecule has 2 heterocycles. The zero-order chi connectivity index (χ0) is 19.1. The number of carbonyl (C=O) groups is 3.